The topological polar surface area (TPSA) is 125 Å². The van der Waals surface area contributed by atoms with Crippen LogP contribution < -0.4 is 5.32 Å². The van der Waals surface area contributed by atoms with Gasteiger partial charge in [0.15, 0.2) is 15.0 Å². The van der Waals surface area contributed by atoms with Crippen molar-refractivity contribution in [2.75, 3.05) is 0 Å². The molecule has 3 aromatic rings. The second-order valence-corrected chi connectivity index (χ2v) is 10.7. The molecule has 4 rings (SSSR count). The number of hydrogen-bond donors (Lipinski definition) is 2. The number of imidazole rings is 1. The molecule has 2 unspecified atom stereocenters. The van der Waals surface area contributed by atoms with Gasteiger partial charge in [-0.2, -0.15) is 5.26 Å². The smallest absolute Gasteiger partial charge is 0.270 e. The Morgan fingerprint density at radius 2 is 2.18 bits per heavy atom. The third kappa shape index (κ3) is 4.31. The number of nitriles is 1. The number of phenols is 1. The molecule has 8 nitrogen and oxygen atoms in total. The van der Waals surface area contributed by atoms with Gasteiger partial charge in [0.1, 0.15) is 28.7 Å². The van der Waals surface area contributed by atoms with E-state index in [0.29, 0.717) is 17.3 Å². The van der Waals surface area contributed by atoms with Gasteiger partial charge in [0.2, 0.25) is 0 Å². The van der Waals surface area contributed by atoms with Crippen LogP contribution in [0.2, 0.25) is 0 Å². The van der Waals surface area contributed by atoms with E-state index in [-0.39, 0.29) is 33.6 Å². The molecule has 170 valence electrons. The van der Waals surface area contributed by atoms with Crippen LogP contribution in [0.4, 0.5) is 4.39 Å². The fraction of sp³-hybridized carbons (Fsp3) is 0.227. The van der Waals surface area contributed by atoms with E-state index in [4.69, 9.17) is 5.26 Å². The Bertz CT molecular complexity index is 1380. The van der Waals surface area contributed by atoms with Crippen molar-refractivity contribution in [3.8, 4) is 11.8 Å². The van der Waals surface area contributed by atoms with Gasteiger partial charge in [-0.15, -0.1) is 0 Å². The number of benzene rings is 2. The van der Waals surface area contributed by atoms with Crippen LogP contribution in [-0.2, 0) is 16.4 Å². The number of aromatic nitrogens is 2. The van der Waals surface area contributed by atoms with Crippen LogP contribution in [0, 0.1) is 17.1 Å². The van der Waals surface area contributed by atoms with Crippen molar-refractivity contribution in [2.24, 2.45) is 0 Å². The van der Waals surface area contributed by atoms with Crippen LogP contribution >= 0.6 is 11.8 Å². The number of amides is 1. The average Bonchev–Trinajstić information content (AvgIpc) is 3.38. The molecular formula is C22H19FN4O4S2. The maximum absolute atomic E-state index is 14.0. The first-order chi connectivity index (χ1) is 15.7. The van der Waals surface area contributed by atoms with Gasteiger partial charge >= 0.3 is 0 Å². The summed E-state index contributed by atoms with van der Waals surface area (Å²) in [6, 6.07) is 11.5. The molecule has 2 heterocycles. The molecule has 33 heavy (non-hydrogen) atoms. The fourth-order valence-electron chi connectivity index (χ4n) is 3.58. The van der Waals surface area contributed by atoms with Crippen LogP contribution in [0.15, 0.2) is 58.7 Å². The number of halogens is 1. The molecule has 1 aromatic heterocycles. The fourth-order valence-corrected chi connectivity index (χ4v) is 6.34. The highest BCUT2D eigenvalue weighted by Gasteiger charge is 2.33. The van der Waals surface area contributed by atoms with Crippen molar-refractivity contribution >= 4 is 27.5 Å². The molecule has 1 amide bonds. The van der Waals surface area contributed by atoms with E-state index in [2.05, 4.69) is 10.3 Å². The Hall–Kier alpha value is -3.36. The Morgan fingerprint density at radius 1 is 1.39 bits per heavy atom. The largest absolute Gasteiger partial charge is 0.508 e. The maximum atomic E-state index is 14.0. The van der Waals surface area contributed by atoms with E-state index in [9.17, 15) is 22.7 Å². The zero-order valence-electron chi connectivity index (χ0n) is 17.4. The summed E-state index contributed by atoms with van der Waals surface area (Å²) in [5.41, 5.74) is 0.808. The first kappa shape index (κ1) is 22.8. The Balaban J connectivity index is 1.54. The lowest BCUT2D eigenvalue weighted by Gasteiger charge is -2.18. The summed E-state index contributed by atoms with van der Waals surface area (Å²) in [7, 11) is -3.93. The summed E-state index contributed by atoms with van der Waals surface area (Å²) in [5.74, 6) is -1.40. The zero-order valence-corrected chi connectivity index (χ0v) is 19.0. The molecular weight excluding hydrogens is 467 g/mol. The van der Waals surface area contributed by atoms with E-state index < -0.39 is 26.9 Å². The number of fused-ring (bicyclic) bond motifs is 1. The monoisotopic (exact) mass is 486 g/mol. The van der Waals surface area contributed by atoms with Gasteiger partial charge < -0.3 is 15.0 Å². The van der Waals surface area contributed by atoms with Gasteiger partial charge in [0.25, 0.3) is 5.91 Å². The lowest BCUT2D eigenvalue weighted by molar-refractivity contribution is 0.0937. The quantitative estimate of drug-likeness (QED) is 0.547. The molecule has 0 radical (unpaired) electrons. The van der Waals surface area contributed by atoms with Gasteiger partial charge in [-0.3, -0.25) is 4.79 Å². The summed E-state index contributed by atoms with van der Waals surface area (Å²) in [6.45, 7) is 1.97. The molecule has 0 saturated carbocycles. The lowest BCUT2D eigenvalue weighted by Crippen LogP contribution is -2.41. The molecule has 0 saturated heterocycles. The number of sulfone groups is 1. The van der Waals surface area contributed by atoms with E-state index in [1.165, 1.54) is 48.3 Å². The molecule has 11 heteroatoms. The summed E-state index contributed by atoms with van der Waals surface area (Å²) < 4.78 is 41.6. The third-order valence-corrected chi connectivity index (χ3v) is 8.67. The van der Waals surface area contributed by atoms with Crippen LogP contribution in [0.25, 0.3) is 0 Å². The molecule has 0 spiro atoms. The SMILES string of the molecule is CCC(NC(=O)c1cnc2n1CC(c1ccc(C#N)c(F)c1)S2)S(=O)(=O)c1cccc(O)c1. The first-order valence-corrected chi connectivity index (χ1v) is 12.4. The standard InChI is InChI=1S/C22H19FN4O4S2/c1-2-20(33(30,31)16-5-3-4-15(28)9-16)26-21(29)18-11-25-22-27(18)12-19(32-22)13-6-7-14(10-24)17(23)8-13/h3-9,11,19-20,28H,2,12H2,1H3,(H,26,29). The predicted molar refractivity (Wildman–Crippen MR) is 119 cm³/mol. The second kappa shape index (κ2) is 8.88. The van der Waals surface area contributed by atoms with E-state index in [1.807, 2.05) is 0 Å². The van der Waals surface area contributed by atoms with Gasteiger partial charge in [0.05, 0.1) is 21.9 Å². The number of phenolic OH excluding ortho intramolecular Hbond substituents is 1. The van der Waals surface area contributed by atoms with Crippen LogP contribution in [0.3, 0.4) is 0 Å². The van der Waals surface area contributed by atoms with Crippen molar-refractivity contribution < 1.29 is 22.7 Å². The van der Waals surface area contributed by atoms with Gasteiger partial charge in [0, 0.05) is 6.54 Å². The highest BCUT2D eigenvalue weighted by molar-refractivity contribution is 7.99. The number of rotatable bonds is 6. The number of hydrogen-bond acceptors (Lipinski definition) is 7. The minimum atomic E-state index is -3.93. The van der Waals surface area contributed by atoms with Crippen LogP contribution in [-0.4, -0.2) is 34.4 Å². The molecule has 2 N–H and O–H groups in total. The third-order valence-electron chi connectivity index (χ3n) is 5.32. The highest BCUT2D eigenvalue weighted by atomic mass is 32.2. The lowest BCUT2D eigenvalue weighted by atomic mass is 10.1. The summed E-state index contributed by atoms with van der Waals surface area (Å²) in [4.78, 5) is 17.1. The normalized spacial score (nSPS) is 16.1. The Labute approximate surface area is 194 Å². The van der Waals surface area contributed by atoms with E-state index >= 15 is 0 Å². The summed E-state index contributed by atoms with van der Waals surface area (Å²) in [6.07, 6.45) is 1.49. The number of carbonyl (C=O) groups is 1. The van der Waals surface area contributed by atoms with Crippen molar-refractivity contribution in [3.05, 3.63) is 71.3 Å². The Morgan fingerprint density at radius 3 is 2.85 bits per heavy atom. The van der Waals surface area contributed by atoms with Crippen molar-refractivity contribution in [1.82, 2.24) is 14.9 Å². The molecule has 0 bridgehead atoms. The van der Waals surface area contributed by atoms with Crippen LogP contribution in [0.5, 0.6) is 5.75 Å². The van der Waals surface area contributed by atoms with Crippen molar-refractivity contribution in [2.45, 2.75) is 40.6 Å². The minimum Gasteiger partial charge on any atom is -0.508 e. The maximum Gasteiger partial charge on any atom is 0.270 e. The molecule has 0 aliphatic carbocycles. The number of nitrogens with zero attached hydrogens (tertiary/aromatic N) is 3. The van der Waals surface area contributed by atoms with Gasteiger partial charge in [-0.05, 0) is 42.3 Å². The predicted octanol–water partition coefficient (Wildman–Crippen LogP) is 3.39. The summed E-state index contributed by atoms with van der Waals surface area (Å²) >= 11 is 1.35. The van der Waals surface area contributed by atoms with Crippen molar-refractivity contribution in [1.29, 1.82) is 5.26 Å². The number of carbonyl (C=O) groups excluding carboxylic acids is 1. The number of thioether (sulfide) groups is 1. The van der Waals surface area contributed by atoms with E-state index in [0.717, 1.165) is 6.07 Å². The minimum absolute atomic E-state index is 0.0434. The molecule has 2 atom stereocenters. The molecule has 1 aliphatic heterocycles. The summed E-state index contributed by atoms with van der Waals surface area (Å²) in [5, 5.41) is 20.2. The van der Waals surface area contributed by atoms with Crippen LogP contribution in [0.1, 0.15) is 40.2 Å². The average molecular weight is 487 g/mol. The second-order valence-electron chi connectivity index (χ2n) is 7.41. The first-order valence-electron chi connectivity index (χ1n) is 10.00. The van der Waals surface area contributed by atoms with Gasteiger partial charge in [-0.1, -0.05) is 30.8 Å². The molecule has 1 aliphatic rings. The van der Waals surface area contributed by atoms with Gasteiger partial charge in [-0.25, -0.2) is 17.8 Å². The number of aromatic hydroxyl groups is 1. The number of nitrogens with one attached hydrogen (secondary N) is 1. The Kier molecular flexibility index (Phi) is 6.14. The van der Waals surface area contributed by atoms with Crippen molar-refractivity contribution in [3.63, 3.8) is 0 Å². The molecule has 2 aromatic carbocycles. The molecule has 0 fully saturated rings. The highest BCUT2D eigenvalue weighted by Crippen LogP contribution is 2.43. The van der Waals surface area contributed by atoms with E-state index in [1.54, 1.807) is 23.6 Å². The zero-order chi connectivity index (χ0) is 23.8.